The third-order valence-electron chi connectivity index (χ3n) is 5.31. The van der Waals surface area contributed by atoms with Crippen LogP contribution in [-0.4, -0.2) is 38.5 Å². The summed E-state index contributed by atoms with van der Waals surface area (Å²) < 4.78 is 7.08. The Labute approximate surface area is 175 Å². The SMILES string of the molecule is Cc1ccc(-n2cc(C(C)Nc3nccc(N4C(=O)OC[C@@H]4C(C)C)n3)cn2)cc1. The molecular formula is C22H26N6O2. The van der Waals surface area contributed by atoms with Crippen LogP contribution >= 0.6 is 0 Å². The number of nitrogens with one attached hydrogen (secondary N) is 1. The average molecular weight is 406 g/mol. The summed E-state index contributed by atoms with van der Waals surface area (Å²) in [6.07, 6.45) is 5.09. The maximum Gasteiger partial charge on any atom is 0.415 e. The number of amides is 1. The quantitative estimate of drug-likeness (QED) is 0.663. The Hall–Kier alpha value is -3.42. The monoisotopic (exact) mass is 406 g/mol. The van der Waals surface area contributed by atoms with Gasteiger partial charge in [0.1, 0.15) is 12.4 Å². The molecule has 0 bridgehead atoms. The van der Waals surface area contributed by atoms with E-state index in [1.807, 2.05) is 36.1 Å². The van der Waals surface area contributed by atoms with E-state index in [9.17, 15) is 4.79 Å². The van der Waals surface area contributed by atoms with Crippen LogP contribution < -0.4 is 10.2 Å². The molecule has 1 aliphatic rings. The standard InChI is InChI=1S/C22H26N6O2/c1-14(2)19-13-30-22(29)28(19)20-9-10-23-21(26-20)25-16(4)17-11-24-27(12-17)18-7-5-15(3)6-8-18/h5-12,14,16,19H,13H2,1-4H3,(H,23,25,26)/t16?,19-/m1/s1. The zero-order valence-electron chi connectivity index (χ0n) is 17.6. The number of aromatic nitrogens is 4. The minimum atomic E-state index is -0.370. The van der Waals surface area contributed by atoms with E-state index >= 15 is 0 Å². The Bertz CT molecular complexity index is 1030. The lowest BCUT2D eigenvalue weighted by molar-refractivity contribution is 0.177. The van der Waals surface area contributed by atoms with Gasteiger partial charge in [0, 0.05) is 18.0 Å². The predicted molar refractivity (Wildman–Crippen MR) is 115 cm³/mol. The molecule has 8 nitrogen and oxygen atoms in total. The summed E-state index contributed by atoms with van der Waals surface area (Å²) >= 11 is 0. The maximum absolute atomic E-state index is 12.2. The minimum absolute atomic E-state index is 0.0367. The highest BCUT2D eigenvalue weighted by Gasteiger charge is 2.37. The van der Waals surface area contributed by atoms with Crippen LogP contribution in [0.15, 0.2) is 48.9 Å². The van der Waals surface area contributed by atoms with Gasteiger partial charge in [-0.2, -0.15) is 10.1 Å². The Morgan fingerprint density at radius 3 is 2.67 bits per heavy atom. The van der Waals surface area contributed by atoms with E-state index in [1.54, 1.807) is 17.2 Å². The summed E-state index contributed by atoms with van der Waals surface area (Å²) in [5.74, 6) is 1.25. The maximum atomic E-state index is 12.2. The predicted octanol–water partition coefficient (Wildman–Crippen LogP) is 4.13. The number of ether oxygens (including phenoxy) is 1. The van der Waals surface area contributed by atoms with Gasteiger partial charge in [-0.1, -0.05) is 31.5 Å². The van der Waals surface area contributed by atoms with Gasteiger partial charge in [-0.3, -0.25) is 4.90 Å². The van der Waals surface area contributed by atoms with Crippen molar-refractivity contribution in [1.29, 1.82) is 0 Å². The lowest BCUT2D eigenvalue weighted by atomic mass is 10.0. The molecule has 30 heavy (non-hydrogen) atoms. The second-order valence-corrected chi connectivity index (χ2v) is 7.92. The molecular weight excluding hydrogens is 380 g/mol. The summed E-state index contributed by atoms with van der Waals surface area (Å²) in [6.45, 7) is 8.58. The van der Waals surface area contributed by atoms with Crippen molar-refractivity contribution in [3.8, 4) is 5.69 Å². The van der Waals surface area contributed by atoms with Crippen molar-refractivity contribution < 1.29 is 9.53 Å². The summed E-state index contributed by atoms with van der Waals surface area (Å²) in [6, 6.07) is 9.83. The van der Waals surface area contributed by atoms with Crippen LogP contribution in [0.25, 0.3) is 5.69 Å². The Morgan fingerprint density at radius 1 is 1.17 bits per heavy atom. The molecule has 3 aromatic rings. The molecule has 0 saturated carbocycles. The first-order valence-corrected chi connectivity index (χ1v) is 10.1. The van der Waals surface area contributed by atoms with Crippen LogP contribution in [0.5, 0.6) is 0 Å². The van der Waals surface area contributed by atoms with Crippen LogP contribution in [0.3, 0.4) is 0 Å². The smallest absolute Gasteiger partial charge is 0.415 e. The second-order valence-electron chi connectivity index (χ2n) is 7.92. The van der Waals surface area contributed by atoms with E-state index in [0.29, 0.717) is 18.4 Å². The normalized spacial score (nSPS) is 17.3. The third-order valence-corrected chi connectivity index (χ3v) is 5.31. The van der Waals surface area contributed by atoms with E-state index in [-0.39, 0.29) is 24.1 Å². The largest absolute Gasteiger partial charge is 0.447 e. The van der Waals surface area contributed by atoms with Gasteiger partial charge >= 0.3 is 6.09 Å². The fraction of sp³-hybridized carbons (Fsp3) is 0.364. The summed E-state index contributed by atoms with van der Waals surface area (Å²) in [7, 11) is 0. The molecule has 0 spiro atoms. The summed E-state index contributed by atoms with van der Waals surface area (Å²) in [5.41, 5.74) is 3.22. The van der Waals surface area contributed by atoms with E-state index < -0.39 is 0 Å². The molecule has 156 valence electrons. The molecule has 1 N–H and O–H groups in total. The molecule has 1 fully saturated rings. The topological polar surface area (TPSA) is 85.2 Å². The van der Waals surface area contributed by atoms with E-state index in [0.717, 1.165) is 11.3 Å². The van der Waals surface area contributed by atoms with Gasteiger partial charge in [-0.05, 0) is 38.0 Å². The number of cyclic esters (lactones) is 1. The van der Waals surface area contributed by atoms with Gasteiger partial charge in [0.05, 0.1) is 24.0 Å². The van der Waals surface area contributed by atoms with Gasteiger partial charge in [-0.15, -0.1) is 0 Å². The van der Waals surface area contributed by atoms with Crippen molar-refractivity contribution in [2.75, 3.05) is 16.8 Å². The van der Waals surface area contributed by atoms with Crippen LogP contribution in [0, 0.1) is 12.8 Å². The van der Waals surface area contributed by atoms with Gasteiger partial charge in [0.25, 0.3) is 0 Å². The van der Waals surface area contributed by atoms with E-state index in [4.69, 9.17) is 4.74 Å². The molecule has 0 aliphatic carbocycles. The number of anilines is 2. The minimum Gasteiger partial charge on any atom is -0.447 e. The van der Waals surface area contributed by atoms with Gasteiger partial charge in [0.15, 0.2) is 0 Å². The van der Waals surface area contributed by atoms with Crippen molar-refractivity contribution in [1.82, 2.24) is 19.7 Å². The van der Waals surface area contributed by atoms with Crippen LogP contribution in [0.1, 0.15) is 37.9 Å². The lowest BCUT2D eigenvalue weighted by Gasteiger charge is -2.23. The molecule has 1 aromatic carbocycles. The highest BCUT2D eigenvalue weighted by molar-refractivity contribution is 5.89. The molecule has 8 heteroatoms. The number of hydrogen-bond donors (Lipinski definition) is 1. The number of nitrogens with zero attached hydrogens (tertiary/aromatic N) is 5. The molecule has 1 saturated heterocycles. The lowest BCUT2D eigenvalue weighted by Crippen LogP contribution is -2.37. The number of carbonyl (C=O) groups excluding carboxylic acids is 1. The number of hydrogen-bond acceptors (Lipinski definition) is 6. The first-order chi connectivity index (χ1) is 14.4. The number of aryl methyl sites for hydroxylation is 1. The van der Waals surface area contributed by atoms with Crippen molar-refractivity contribution in [3.05, 3.63) is 60.0 Å². The first kappa shape index (κ1) is 19.9. The molecule has 1 unspecified atom stereocenters. The molecule has 4 rings (SSSR count). The van der Waals surface area contributed by atoms with Crippen LogP contribution in [-0.2, 0) is 4.74 Å². The van der Waals surface area contributed by atoms with Gasteiger partial charge in [-0.25, -0.2) is 14.5 Å². The van der Waals surface area contributed by atoms with E-state index in [2.05, 4.69) is 53.3 Å². The van der Waals surface area contributed by atoms with Crippen LogP contribution in [0.2, 0.25) is 0 Å². The van der Waals surface area contributed by atoms with Gasteiger partial charge < -0.3 is 10.1 Å². The molecule has 3 heterocycles. The van der Waals surface area contributed by atoms with E-state index in [1.165, 1.54) is 5.56 Å². The van der Waals surface area contributed by atoms with Crippen molar-refractivity contribution in [2.45, 2.75) is 39.8 Å². The summed E-state index contributed by atoms with van der Waals surface area (Å²) in [5, 5.41) is 7.77. The molecule has 0 radical (unpaired) electrons. The fourth-order valence-corrected chi connectivity index (χ4v) is 3.42. The molecule has 1 amide bonds. The molecule has 1 aliphatic heterocycles. The fourth-order valence-electron chi connectivity index (χ4n) is 3.42. The number of carbonyl (C=O) groups is 1. The second kappa shape index (κ2) is 8.14. The zero-order valence-corrected chi connectivity index (χ0v) is 17.6. The summed E-state index contributed by atoms with van der Waals surface area (Å²) in [4.78, 5) is 22.7. The highest BCUT2D eigenvalue weighted by atomic mass is 16.6. The van der Waals surface area contributed by atoms with Gasteiger partial charge in [0.2, 0.25) is 5.95 Å². The molecule has 2 aromatic heterocycles. The Morgan fingerprint density at radius 2 is 1.93 bits per heavy atom. The molecule has 2 atom stereocenters. The highest BCUT2D eigenvalue weighted by Crippen LogP contribution is 2.26. The zero-order chi connectivity index (χ0) is 21.3. The Balaban J connectivity index is 1.50. The van der Waals surface area contributed by atoms with Crippen molar-refractivity contribution in [2.24, 2.45) is 5.92 Å². The van der Waals surface area contributed by atoms with Crippen molar-refractivity contribution in [3.63, 3.8) is 0 Å². The van der Waals surface area contributed by atoms with Crippen LogP contribution in [0.4, 0.5) is 16.6 Å². The Kier molecular flexibility index (Phi) is 5.39. The average Bonchev–Trinajstić information content (AvgIpc) is 3.36. The van der Waals surface area contributed by atoms with Crippen molar-refractivity contribution >= 4 is 17.9 Å². The number of benzene rings is 1. The first-order valence-electron chi connectivity index (χ1n) is 10.1. The number of rotatable bonds is 6. The third kappa shape index (κ3) is 3.98.